The van der Waals surface area contributed by atoms with Gasteiger partial charge < -0.3 is 10.6 Å². The molecule has 1 saturated heterocycles. The fourth-order valence-electron chi connectivity index (χ4n) is 4.30. The predicted octanol–water partition coefficient (Wildman–Crippen LogP) is 3.65. The van der Waals surface area contributed by atoms with Gasteiger partial charge in [-0.15, -0.1) is 0 Å². The molecule has 8 heteroatoms. The lowest BCUT2D eigenvalue weighted by Crippen LogP contribution is -2.47. The van der Waals surface area contributed by atoms with E-state index in [0.717, 1.165) is 44.7 Å². The quantitative estimate of drug-likeness (QED) is 0.767. The number of nitrogens with zero attached hydrogens (tertiary/aromatic N) is 2. The molecule has 0 unspecified atom stereocenters. The molecule has 1 amide bonds. The largest absolute Gasteiger partial charge is 0.419 e. The second-order valence-electron chi connectivity index (χ2n) is 7.87. The van der Waals surface area contributed by atoms with E-state index in [4.69, 9.17) is 5.73 Å². The van der Waals surface area contributed by atoms with E-state index in [2.05, 4.69) is 4.90 Å². The summed E-state index contributed by atoms with van der Waals surface area (Å²) >= 11 is 0. The smallest absolute Gasteiger partial charge is 0.369 e. The molecule has 1 aliphatic carbocycles. The summed E-state index contributed by atoms with van der Waals surface area (Å²) in [5.41, 5.74) is 4.19. The maximum atomic E-state index is 14.3. The fourth-order valence-corrected chi connectivity index (χ4v) is 4.30. The highest BCUT2D eigenvalue weighted by atomic mass is 19.4. The van der Waals surface area contributed by atoms with E-state index in [1.807, 2.05) is 0 Å². The number of benzene rings is 1. The molecule has 0 bridgehead atoms. The van der Waals surface area contributed by atoms with E-state index >= 15 is 0 Å². The number of hydrogen-bond donors (Lipinski definition) is 1. The van der Waals surface area contributed by atoms with Crippen LogP contribution in [0.2, 0.25) is 0 Å². The molecule has 1 aromatic carbocycles. The van der Waals surface area contributed by atoms with E-state index in [9.17, 15) is 22.4 Å². The maximum absolute atomic E-state index is 14.3. The number of primary amides is 1. The third-order valence-electron chi connectivity index (χ3n) is 6.10. The van der Waals surface area contributed by atoms with Gasteiger partial charge in [-0.2, -0.15) is 13.2 Å². The molecule has 0 spiro atoms. The Balaban J connectivity index is 1.47. The van der Waals surface area contributed by atoms with Crippen LogP contribution in [0.25, 0.3) is 0 Å². The van der Waals surface area contributed by atoms with E-state index < -0.39 is 17.6 Å². The van der Waals surface area contributed by atoms with E-state index in [0.29, 0.717) is 32.1 Å². The standard InChI is InChI=1S/C20H27F4N3O/c21-18-16(20(22,23)24)2-1-3-17(18)27-12-10-26(11-13-27)9-8-14-4-6-15(7-5-14)19(25)28/h1-3,14-15H,4-13H2,(H2,25,28). The Morgan fingerprint density at radius 1 is 1.07 bits per heavy atom. The monoisotopic (exact) mass is 401 g/mol. The number of piperazine rings is 1. The minimum absolute atomic E-state index is 0.0159. The first-order valence-electron chi connectivity index (χ1n) is 9.88. The minimum atomic E-state index is -4.69. The van der Waals surface area contributed by atoms with Crippen LogP contribution in [-0.2, 0) is 11.0 Å². The molecule has 0 aromatic heterocycles. The Morgan fingerprint density at radius 3 is 2.29 bits per heavy atom. The first-order chi connectivity index (χ1) is 13.3. The van der Waals surface area contributed by atoms with Gasteiger partial charge in [-0.05, 0) is 56.7 Å². The molecular weight excluding hydrogens is 374 g/mol. The van der Waals surface area contributed by atoms with Gasteiger partial charge >= 0.3 is 6.18 Å². The van der Waals surface area contributed by atoms with Crippen molar-refractivity contribution in [3.8, 4) is 0 Å². The molecule has 2 aliphatic rings. The van der Waals surface area contributed by atoms with Crippen LogP contribution in [0.3, 0.4) is 0 Å². The molecule has 2 N–H and O–H groups in total. The molecule has 2 fully saturated rings. The molecule has 1 aliphatic heterocycles. The zero-order valence-corrected chi connectivity index (χ0v) is 15.8. The van der Waals surface area contributed by atoms with Gasteiger partial charge in [-0.3, -0.25) is 9.69 Å². The number of amides is 1. The van der Waals surface area contributed by atoms with Crippen LogP contribution < -0.4 is 10.6 Å². The SMILES string of the molecule is NC(=O)C1CCC(CCN2CCN(c3cccc(C(F)(F)F)c3F)CC2)CC1. The minimum Gasteiger partial charge on any atom is -0.369 e. The molecule has 28 heavy (non-hydrogen) atoms. The summed E-state index contributed by atoms with van der Waals surface area (Å²) in [5.74, 6) is -0.775. The molecule has 0 radical (unpaired) electrons. The van der Waals surface area contributed by atoms with E-state index in [-0.39, 0.29) is 17.5 Å². The zero-order chi connectivity index (χ0) is 20.3. The summed E-state index contributed by atoms with van der Waals surface area (Å²) in [6.07, 6.45) is 0.121. The average Bonchev–Trinajstić information content (AvgIpc) is 2.66. The van der Waals surface area contributed by atoms with Crippen LogP contribution in [0.15, 0.2) is 18.2 Å². The van der Waals surface area contributed by atoms with Crippen molar-refractivity contribution in [2.45, 2.75) is 38.3 Å². The van der Waals surface area contributed by atoms with Crippen LogP contribution in [0.4, 0.5) is 23.2 Å². The van der Waals surface area contributed by atoms with E-state index in [1.54, 1.807) is 4.90 Å². The Hall–Kier alpha value is -1.83. The van der Waals surface area contributed by atoms with Crippen molar-refractivity contribution in [1.29, 1.82) is 0 Å². The number of carbonyl (C=O) groups is 1. The Morgan fingerprint density at radius 2 is 1.71 bits per heavy atom. The topological polar surface area (TPSA) is 49.6 Å². The Bertz CT molecular complexity index is 679. The van der Waals surface area contributed by atoms with Gasteiger partial charge in [-0.25, -0.2) is 4.39 Å². The molecule has 0 atom stereocenters. The van der Waals surface area contributed by atoms with Crippen LogP contribution >= 0.6 is 0 Å². The average molecular weight is 401 g/mol. The summed E-state index contributed by atoms with van der Waals surface area (Å²) in [6, 6.07) is 3.45. The number of halogens is 4. The summed E-state index contributed by atoms with van der Waals surface area (Å²) < 4.78 is 53.1. The van der Waals surface area contributed by atoms with Gasteiger partial charge in [-0.1, -0.05) is 6.07 Å². The van der Waals surface area contributed by atoms with Gasteiger partial charge in [0.05, 0.1) is 11.3 Å². The van der Waals surface area contributed by atoms with Crippen LogP contribution in [0.1, 0.15) is 37.7 Å². The summed E-state index contributed by atoms with van der Waals surface area (Å²) in [4.78, 5) is 15.2. The van der Waals surface area contributed by atoms with Gasteiger partial charge in [0.2, 0.25) is 5.91 Å². The molecule has 1 saturated carbocycles. The number of nitrogens with two attached hydrogens (primary N) is 1. The van der Waals surface area contributed by atoms with Gasteiger partial charge in [0.1, 0.15) is 0 Å². The van der Waals surface area contributed by atoms with Crippen molar-refractivity contribution in [2.75, 3.05) is 37.6 Å². The van der Waals surface area contributed by atoms with Gasteiger partial charge in [0.15, 0.2) is 5.82 Å². The predicted molar refractivity (Wildman–Crippen MR) is 99.3 cm³/mol. The summed E-state index contributed by atoms with van der Waals surface area (Å²) in [6.45, 7) is 3.34. The number of alkyl halides is 3. The Kier molecular flexibility index (Phi) is 6.47. The van der Waals surface area contributed by atoms with Crippen molar-refractivity contribution < 1.29 is 22.4 Å². The van der Waals surface area contributed by atoms with Crippen LogP contribution in [-0.4, -0.2) is 43.5 Å². The highest BCUT2D eigenvalue weighted by Crippen LogP contribution is 2.35. The summed E-state index contributed by atoms with van der Waals surface area (Å²) in [7, 11) is 0. The van der Waals surface area contributed by atoms with Crippen molar-refractivity contribution in [1.82, 2.24) is 4.90 Å². The van der Waals surface area contributed by atoms with Crippen molar-refractivity contribution in [3.05, 3.63) is 29.6 Å². The van der Waals surface area contributed by atoms with Gasteiger partial charge in [0, 0.05) is 32.1 Å². The normalized spacial score (nSPS) is 24.4. The third-order valence-corrected chi connectivity index (χ3v) is 6.10. The third kappa shape index (κ3) is 4.96. The lowest BCUT2D eigenvalue weighted by molar-refractivity contribution is -0.139. The first kappa shape index (κ1) is 20.9. The molecule has 1 aromatic rings. The Labute approximate surface area is 162 Å². The number of carbonyl (C=O) groups excluding carboxylic acids is 1. The van der Waals surface area contributed by atoms with Crippen molar-refractivity contribution in [2.24, 2.45) is 17.6 Å². The van der Waals surface area contributed by atoms with E-state index in [1.165, 1.54) is 12.1 Å². The van der Waals surface area contributed by atoms with Crippen molar-refractivity contribution >= 4 is 11.6 Å². The summed E-state index contributed by atoms with van der Waals surface area (Å²) in [5, 5.41) is 0. The number of hydrogen-bond acceptors (Lipinski definition) is 3. The molecular formula is C20H27F4N3O. The lowest BCUT2D eigenvalue weighted by Gasteiger charge is -2.37. The maximum Gasteiger partial charge on any atom is 0.419 e. The van der Waals surface area contributed by atoms with Crippen molar-refractivity contribution in [3.63, 3.8) is 0 Å². The molecule has 4 nitrogen and oxygen atoms in total. The highest BCUT2D eigenvalue weighted by Gasteiger charge is 2.36. The fraction of sp³-hybridized carbons (Fsp3) is 0.650. The highest BCUT2D eigenvalue weighted by molar-refractivity contribution is 5.76. The number of anilines is 1. The van der Waals surface area contributed by atoms with Crippen LogP contribution in [0, 0.1) is 17.7 Å². The molecule has 156 valence electrons. The molecule has 3 rings (SSSR count). The second-order valence-corrected chi connectivity index (χ2v) is 7.87. The second kappa shape index (κ2) is 8.68. The van der Waals surface area contributed by atoms with Gasteiger partial charge in [0.25, 0.3) is 0 Å². The van der Waals surface area contributed by atoms with Crippen LogP contribution in [0.5, 0.6) is 0 Å². The lowest BCUT2D eigenvalue weighted by atomic mass is 9.80. The molecule has 1 heterocycles. The first-order valence-corrected chi connectivity index (χ1v) is 9.88. The zero-order valence-electron chi connectivity index (χ0n) is 15.8. The number of rotatable bonds is 5.